The zero-order valence-electron chi connectivity index (χ0n) is 12.0. The highest BCUT2D eigenvalue weighted by Crippen LogP contribution is 2.32. The van der Waals surface area contributed by atoms with Crippen LogP contribution in [0.25, 0.3) is 0 Å². The summed E-state index contributed by atoms with van der Waals surface area (Å²) in [5, 5.41) is 12.3. The molecule has 0 spiro atoms. The maximum Gasteiger partial charge on any atom is 0.307 e. The topological polar surface area (TPSA) is 66.4 Å². The first-order valence-corrected chi connectivity index (χ1v) is 7.75. The normalized spacial score (nSPS) is 27.9. The summed E-state index contributed by atoms with van der Waals surface area (Å²) in [6, 6.07) is 8.48. The summed E-state index contributed by atoms with van der Waals surface area (Å²) in [6.45, 7) is 0. The van der Waals surface area contributed by atoms with Gasteiger partial charge in [0.25, 0.3) is 0 Å². The molecule has 21 heavy (non-hydrogen) atoms. The van der Waals surface area contributed by atoms with Crippen LogP contribution >= 0.6 is 0 Å². The van der Waals surface area contributed by atoms with Gasteiger partial charge in [0.15, 0.2) is 0 Å². The molecule has 2 aliphatic carbocycles. The van der Waals surface area contributed by atoms with Gasteiger partial charge < -0.3 is 10.4 Å². The number of aliphatic carboxylic acids is 1. The van der Waals surface area contributed by atoms with Gasteiger partial charge in [-0.05, 0) is 43.2 Å². The van der Waals surface area contributed by atoms with Crippen LogP contribution in [0.5, 0.6) is 0 Å². The Morgan fingerprint density at radius 2 is 1.76 bits per heavy atom. The van der Waals surface area contributed by atoms with E-state index in [2.05, 4.69) is 17.4 Å². The molecule has 1 aromatic carbocycles. The summed E-state index contributed by atoms with van der Waals surface area (Å²) in [7, 11) is 0. The first kappa shape index (κ1) is 14.1. The Morgan fingerprint density at radius 1 is 1.05 bits per heavy atom. The number of hydrogen-bond acceptors (Lipinski definition) is 2. The molecule has 3 atom stereocenters. The van der Waals surface area contributed by atoms with E-state index in [1.165, 1.54) is 11.1 Å². The largest absolute Gasteiger partial charge is 0.481 e. The molecule has 0 radical (unpaired) electrons. The number of hydrogen-bond donors (Lipinski definition) is 2. The molecule has 1 fully saturated rings. The molecule has 1 unspecified atom stereocenters. The van der Waals surface area contributed by atoms with Gasteiger partial charge in [-0.15, -0.1) is 0 Å². The maximum atomic E-state index is 12.4. The molecule has 1 aromatic rings. The number of benzene rings is 1. The summed E-state index contributed by atoms with van der Waals surface area (Å²) >= 11 is 0. The van der Waals surface area contributed by atoms with E-state index in [4.69, 9.17) is 0 Å². The molecule has 1 amide bonds. The van der Waals surface area contributed by atoms with Crippen molar-refractivity contribution in [2.45, 2.75) is 44.6 Å². The molecule has 0 aromatic heterocycles. The molecule has 0 saturated heterocycles. The van der Waals surface area contributed by atoms with Crippen molar-refractivity contribution in [1.29, 1.82) is 0 Å². The number of carboxylic acids is 1. The monoisotopic (exact) mass is 287 g/mol. The van der Waals surface area contributed by atoms with Gasteiger partial charge in [-0.25, -0.2) is 0 Å². The van der Waals surface area contributed by atoms with Crippen LogP contribution in [0.1, 0.15) is 36.8 Å². The fourth-order valence-electron chi connectivity index (χ4n) is 3.70. The Kier molecular flexibility index (Phi) is 3.95. The van der Waals surface area contributed by atoms with Crippen LogP contribution in [-0.2, 0) is 22.4 Å². The molecular formula is C17H21NO3. The molecule has 1 saturated carbocycles. The van der Waals surface area contributed by atoms with Crippen molar-refractivity contribution in [3.63, 3.8) is 0 Å². The lowest BCUT2D eigenvalue weighted by Crippen LogP contribution is -2.43. The lowest BCUT2D eigenvalue weighted by atomic mass is 9.87. The third-order valence-electron chi connectivity index (χ3n) is 4.86. The summed E-state index contributed by atoms with van der Waals surface area (Å²) in [6.07, 6.45) is 4.93. The van der Waals surface area contributed by atoms with E-state index >= 15 is 0 Å². The third-order valence-corrected chi connectivity index (χ3v) is 4.86. The number of rotatable bonds is 3. The number of carbonyl (C=O) groups excluding carboxylic acids is 1. The van der Waals surface area contributed by atoms with E-state index in [9.17, 15) is 14.7 Å². The molecule has 112 valence electrons. The van der Waals surface area contributed by atoms with E-state index in [-0.39, 0.29) is 17.9 Å². The fourth-order valence-corrected chi connectivity index (χ4v) is 3.70. The van der Waals surface area contributed by atoms with Gasteiger partial charge in [-0.1, -0.05) is 30.7 Å². The van der Waals surface area contributed by atoms with E-state index in [1.54, 1.807) is 0 Å². The third kappa shape index (κ3) is 2.94. The zero-order chi connectivity index (χ0) is 14.8. The van der Waals surface area contributed by atoms with Gasteiger partial charge in [0, 0.05) is 6.04 Å². The average molecular weight is 287 g/mol. The van der Waals surface area contributed by atoms with Crippen LogP contribution in [0.4, 0.5) is 0 Å². The summed E-state index contributed by atoms with van der Waals surface area (Å²) in [5.41, 5.74) is 2.67. The summed E-state index contributed by atoms with van der Waals surface area (Å²) in [4.78, 5) is 23.6. The van der Waals surface area contributed by atoms with Gasteiger partial charge in [-0.3, -0.25) is 9.59 Å². The Hall–Kier alpha value is -1.84. The minimum atomic E-state index is -0.832. The van der Waals surface area contributed by atoms with Crippen molar-refractivity contribution in [3.8, 4) is 0 Å². The first-order valence-electron chi connectivity index (χ1n) is 7.75. The minimum Gasteiger partial charge on any atom is -0.481 e. The van der Waals surface area contributed by atoms with Gasteiger partial charge in [0.1, 0.15) is 0 Å². The molecule has 3 rings (SSSR count). The Morgan fingerprint density at radius 3 is 2.52 bits per heavy atom. The minimum absolute atomic E-state index is 0.0655. The first-order chi connectivity index (χ1) is 10.1. The smallest absolute Gasteiger partial charge is 0.307 e. The van der Waals surface area contributed by atoms with Crippen LogP contribution in [0.2, 0.25) is 0 Å². The quantitative estimate of drug-likeness (QED) is 0.895. The highest BCUT2D eigenvalue weighted by molar-refractivity contribution is 5.85. The second-order valence-corrected chi connectivity index (χ2v) is 6.20. The summed E-state index contributed by atoms with van der Waals surface area (Å²) < 4.78 is 0. The number of fused-ring (bicyclic) bond motifs is 1. The van der Waals surface area contributed by atoms with Crippen molar-refractivity contribution in [3.05, 3.63) is 35.4 Å². The van der Waals surface area contributed by atoms with Crippen LogP contribution < -0.4 is 5.32 Å². The van der Waals surface area contributed by atoms with E-state index in [0.29, 0.717) is 12.8 Å². The van der Waals surface area contributed by atoms with Gasteiger partial charge in [0.05, 0.1) is 11.8 Å². The highest BCUT2D eigenvalue weighted by atomic mass is 16.4. The second-order valence-electron chi connectivity index (χ2n) is 6.20. The maximum absolute atomic E-state index is 12.4. The highest BCUT2D eigenvalue weighted by Gasteiger charge is 2.38. The molecule has 2 aliphatic rings. The molecule has 4 nitrogen and oxygen atoms in total. The molecular weight excluding hydrogens is 266 g/mol. The van der Waals surface area contributed by atoms with Crippen molar-refractivity contribution in [1.82, 2.24) is 5.32 Å². The van der Waals surface area contributed by atoms with Gasteiger partial charge >= 0.3 is 5.97 Å². The van der Waals surface area contributed by atoms with E-state index in [0.717, 1.165) is 25.7 Å². The van der Waals surface area contributed by atoms with Crippen molar-refractivity contribution in [2.24, 2.45) is 11.8 Å². The Balaban J connectivity index is 1.62. The number of amides is 1. The number of carboxylic acid groups (broad SMARTS) is 1. The Bertz CT molecular complexity index is 555. The SMILES string of the molecule is O=C(O)[C@H]1CCC[C@H]1C(=O)NC1CCc2ccccc2C1. The average Bonchev–Trinajstić information content (AvgIpc) is 2.97. The lowest BCUT2D eigenvalue weighted by molar-refractivity contribution is -0.146. The van der Waals surface area contributed by atoms with Crippen LogP contribution in [0.3, 0.4) is 0 Å². The fraction of sp³-hybridized carbons (Fsp3) is 0.529. The van der Waals surface area contributed by atoms with Crippen LogP contribution in [-0.4, -0.2) is 23.0 Å². The molecule has 4 heteroatoms. The van der Waals surface area contributed by atoms with Crippen molar-refractivity contribution < 1.29 is 14.7 Å². The molecule has 0 bridgehead atoms. The van der Waals surface area contributed by atoms with E-state index < -0.39 is 11.9 Å². The number of aryl methyl sites for hydroxylation is 1. The predicted octanol–water partition coefficient (Wildman–Crippen LogP) is 2.16. The lowest BCUT2D eigenvalue weighted by Gasteiger charge is -2.27. The second kappa shape index (κ2) is 5.88. The standard InChI is InChI=1S/C17H21NO3/c19-16(14-6-3-7-15(14)17(20)21)18-13-9-8-11-4-1-2-5-12(11)10-13/h1-2,4-5,13-15H,3,6-10H2,(H,18,19)(H,20,21)/t13?,14-,15+/m1/s1. The van der Waals surface area contributed by atoms with Crippen molar-refractivity contribution in [2.75, 3.05) is 0 Å². The van der Waals surface area contributed by atoms with Crippen LogP contribution in [0.15, 0.2) is 24.3 Å². The summed E-state index contributed by atoms with van der Waals surface area (Å²) in [5.74, 6) is -1.74. The van der Waals surface area contributed by atoms with Gasteiger partial charge in [0.2, 0.25) is 5.91 Å². The molecule has 2 N–H and O–H groups in total. The Labute approximate surface area is 124 Å². The zero-order valence-corrected chi connectivity index (χ0v) is 12.0. The number of carbonyl (C=O) groups is 2. The van der Waals surface area contributed by atoms with Crippen LogP contribution in [0, 0.1) is 11.8 Å². The molecule has 0 aliphatic heterocycles. The number of nitrogens with one attached hydrogen (secondary N) is 1. The van der Waals surface area contributed by atoms with Gasteiger partial charge in [-0.2, -0.15) is 0 Å². The van der Waals surface area contributed by atoms with Crippen molar-refractivity contribution >= 4 is 11.9 Å². The predicted molar refractivity (Wildman–Crippen MR) is 78.9 cm³/mol. The van der Waals surface area contributed by atoms with E-state index in [1.807, 2.05) is 12.1 Å². The molecule has 0 heterocycles.